The molecular formula is C28H40O10. The van der Waals surface area contributed by atoms with Crippen LogP contribution in [0.4, 0.5) is 0 Å². The molecule has 0 radical (unpaired) electrons. The van der Waals surface area contributed by atoms with E-state index >= 15 is 0 Å². The highest BCUT2D eigenvalue weighted by atomic mass is 17.2. The highest BCUT2D eigenvalue weighted by Gasteiger charge is 2.52. The molecule has 2 aromatic rings. The van der Waals surface area contributed by atoms with Gasteiger partial charge in [-0.1, -0.05) is 60.7 Å². The zero-order valence-electron chi connectivity index (χ0n) is 22.9. The SMILES string of the molecule is COOC(C)[C@@H](OOC)[C@@H](OOC)[C@@H]1OC(C)(C)O[C@@H](COCc2ccccc2)[C@H]1OCc1ccccc1. The molecule has 1 aliphatic rings. The van der Waals surface area contributed by atoms with Crippen molar-refractivity contribution >= 4 is 0 Å². The molecule has 10 heteroatoms. The van der Waals surface area contributed by atoms with Gasteiger partial charge in [0.25, 0.3) is 0 Å². The first-order valence-electron chi connectivity index (χ1n) is 12.6. The summed E-state index contributed by atoms with van der Waals surface area (Å²) in [6.45, 7) is 6.38. The minimum absolute atomic E-state index is 0.247. The molecule has 0 saturated carbocycles. The third-order valence-corrected chi connectivity index (χ3v) is 6.00. The Morgan fingerprint density at radius 3 is 1.92 bits per heavy atom. The van der Waals surface area contributed by atoms with Gasteiger partial charge in [-0.25, -0.2) is 29.3 Å². The lowest BCUT2D eigenvalue weighted by molar-refractivity contribution is -0.442. The number of benzene rings is 2. The van der Waals surface area contributed by atoms with Gasteiger partial charge in [0.15, 0.2) is 18.0 Å². The Balaban J connectivity index is 1.89. The number of rotatable bonds is 16. The quantitative estimate of drug-likeness (QED) is 0.230. The third-order valence-electron chi connectivity index (χ3n) is 6.00. The van der Waals surface area contributed by atoms with E-state index in [9.17, 15) is 0 Å². The van der Waals surface area contributed by atoms with E-state index in [1.54, 1.807) is 6.92 Å². The minimum Gasteiger partial charge on any atom is -0.374 e. The van der Waals surface area contributed by atoms with Crippen LogP contribution in [0.3, 0.4) is 0 Å². The van der Waals surface area contributed by atoms with E-state index < -0.39 is 42.4 Å². The van der Waals surface area contributed by atoms with Crippen molar-refractivity contribution in [2.24, 2.45) is 0 Å². The molecule has 1 fully saturated rings. The van der Waals surface area contributed by atoms with Crippen molar-refractivity contribution < 1.29 is 48.3 Å². The molecule has 38 heavy (non-hydrogen) atoms. The van der Waals surface area contributed by atoms with Gasteiger partial charge in [-0.3, -0.25) is 0 Å². The van der Waals surface area contributed by atoms with Crippen LogP contribution in [0.15, 0.2) is 60.7 Å². The van der Waals surface area contributed by atoms with E-state index in [-0.39, 0.29) is 6.61 Å². The van der Waals surface area contributed by atoms with Gasteiger partial charge in [0.05, 0.1) is 41.2 Å². The molecule has 2 aromatic carbocycles. The molecule has 1 aliphatic heterocycles. The second kappa shape index (κ2) is 15.6. The van der Waals surface area contributed by atoms with Gasteiger partial charge in [-0.2, -0.15) is 0 Å². The first kappa shape index (κ1) is 30.6. The van der Waals surface area contributed by atoms with Gasteiger partial charge in [-0.15, -0.1) is 0 Å². The molecule has 0 amide bonds. The summed E-state index contributed by atoms with van der Waals surface area (Å²) < 4.78 is 25.3. The van der Waals surface area contributed by atoms with Crippen LogP contribution in [0.5, 0.6) is 0 Å². The van der Waals surface area contributed by atoms with E-state index in [0.717, 1.165) is 11.1 Å². The second-order valence-electron chi connectivity index (χ2n) is 9.32. The average molecular weight is 537 g/mol. The molecule has 1 unspecified atom stereocenters. The van der Waals surface area contributed by atoms with Crippen LogP contribution in [0.2, 0.25) is 0 Å². The van der Waals surface area contributed by atoms with Crippen molar-refractivity contribution in [2.45, 2.75) is 76.4 Å². The van der Waals surface area contributed by atoms with Gasteiger partial charge in [0, 0.05) is 0 Å². The van der Waals surface area contributed by atoms with Crippen molar-refractivity contribution in [1.29, 1.82) is 0 Å². The molecule has 0 bridgehead atoms. The average Bonchev–Trinajstić information content (AvgIpc) is 2.91. The topological polar surface area (TPSA) is 92.3 Å². The summed E-state index contributed by atoms with van der Waals surface area (Å²) in [5.41, 5.74) is 2.04. The van der Waals surface area contributed by atoms with E-state index in [1.807, 2.05) is 74.5 Å². The standard InChI is InChI=1S/C28H40O10/c1-20(36-29-4)24(37-30-5)27(38-31-6)26-25(33-18-22-15-11-8-12-16-22)23(34-28(2,3)35-26)19-32-17-21-13-9-7-10-14-21/h7-16,20,23-27H,17-19H2,1-6H3/t20?,23-,24+,25+,26+,27+/m0/s1. The Morgan fingerprint density at radius 1 is 0.763 bits per heavy atom. The Hall–Kier alpha value is -1.96. The van der Waals surface area contributed by atoms with E-state index in [0.29, 0.717) is 13.2 Å². The molecule has 3 rings (SSSR count). The zero-order valence-corrected chi connectivity index (χ0v) is 22.9. The molecule has 212 valence electrons. The van der Waals surface area contributed by atoms with Crippen LogP contribution in [-0.2, 0) is 61.5 Å². The molecule has 1 saturated heterocycles. The van der Waals surface area contributed by atoms with Gasteiger partial charge < -0.3 is 18.9 Å². The summed E-state index contributed by atoms with van der Waals surface area (Å²) in [5.74, 6) is -1.00. The predicted octanol–water partition coefficient (Wildman–Crippen LogP) is 4.17. The number of ether oxygens (including phenoxy) is 4. The Kier molecular flexibility index (Phi) is 12.5. The molecule has 6 atom stereocenters. The maximum Gasteiger partial charge on any atom is 0.164 e. The molecule has 1 heterocycles. The van der Waals surface area contributed by atoms with E-state index in [4.69, 9.17) is 48.3 Å². The monoisotopic (exact) mass is 536 g/mol. The molecule has 0 spiro atoms. The lowest BCUT2D eigenvalue weighted by Gasteiger charge is -2.48. The lowest BCUT2D eigenvalue weighted by atomic mass is 9.94. The molecule has 10 nitrogen and oxygen atoms in total. The fourth-order valence-corrected chi connectivity index (χ4v) is 4.41. The van der Waals surface area contributed by atoms with E-state index in [1.165, 1.54) is 21.3 Å². The molecular weight excluding hydrogens is 496 g/mol. The smallest absolute Gasteiger partial charge is 0.164 e. The van der Waals surface area contributed by atoms with E-state index in [2.05, 4.69) is 0 Å². The third kappa shape index (κ3) is 9.06. The Morgan fingerprint density at radius 2 is 1.34 bits per heavy atom. The summed E-state index contributed by atoms with van der Waals surface area (Å²) in [6, 6.07) is 19.8. The van der Waals surface area contributed by atoms with Crippen LogP contribution in [0.25, 0.3) is 0 Å². The lowest BCUT2D eigenvalue weighted by Crippen LogP contribution is -2.63. The molecule has 0 aromatic heterocycles. The summed E-state index contributed by atoms with van der Waals surface area (Å²) in [5, 5.41) is 0. The van der Waals surface area contributed by atoms with Gasteiger partial charge in [0.2, 0.25) is 0 Å². The van der Waals surface area contributed by atoms with Gasteiger partial charge in [-0.05, 0) is 31.9 Å². The fourth-order valence-electron chi connectivity index (χ4n) is 4.41. The van der Waals surface area contributed by atoms with Gasteiger partial charge in [0.1, 0.15) is 24.4 Å². The first-order valence-corrected chi connectivity index (χ1v) is 12.6. The second-order valence-corrected chi connectivity index (χ2v) is 9.32. The normalized spacial score (nSPS) is 23.6. The number of hydrogen-bond donors (Lipinski definition) is 0. The van der Waals surface area contributed by atoms with Crippen LogP contribution in [-0.4, -0.2) is 70.3 Å². The van der Waals surface area contributed by atoms with Crippen molar-refractivity contribution in [3.8, 4) is 0 Å². The van der Waals surface area contributed by atoms with Crippen LogP contribution in [0, 0.1) is 0 Å². The van der Waals surface area contributed by atoms with Crippen molar-refractivity contribution in [1.82, 2.24) is 0 Å². The summed E-state index contributed by atoms with van der Waals surface area (Å²) in [4.78, 5) is 31.7. The predicted molar refractivity (Wildman–Crippen MR) is 136 cm³/mol. The van der Waals surface area contributed by atoms with Crippen molar-refractivity contribution in [3.63, 3.8) is 0 Å². The highest BCUT2D eigenvalue weighted by molar-refractivity contribution is 5.14. The summed E-state index contributed by atoms with van der Waals surface area (Å²) >= 11 is 0. The largest absolute Gasteiger partial charge is 0.374 e. The van der Waals surface area contributed by atoms with Crippen molar-refractivity contribution in [2.75, 3.05) is 27.9 Å². The van der Waals surface area contributed by atoms with Crippen LogP contribution in [0.1, 0.15) is 31.9 Å². The van der Waals surface area contributed by atoms with Crippen LogP contribution < -0.4 is 0 Å². The van der Waals surface area contributed by atoms with Crippen LogP contribution >= 0.6 is 0 Å². The Labute approximate surface area is 224 Å². The highest BCUT2D eigenvalue weighted by Crippen LogP contribution is 2.35. The summed E-state index contributed by atoms with van der Waals surface area (Å²) in [6.07, 6.45) is -4.22. The molecule has 0 aliphatic carbocycles. The fraction of sp³-hybridized carbons (Fsp3) is 0.571. The maximum absolute atomic E-state index is 6.45. The van der Waals surface area contributed by atoms with Crippen molar-refractivity contribution in [3.05, 3.63) is 71.8 Å². The molecule has 0 N–H and O–H groups in total. The van der Waals surface area contributed by atoms with Gasteiger partial charge >= 0.3 is 0 Å². The minimum atomic E-state index is -1.00. The zero-order chi connectivity index (χ0) is 27.4. The number of hydrogen-bond acceptors (Lipinski definition) is 10. The summed E-state index contributed by atoms with van der Waals surface area (Å²) in [7, 11) is 4.21. The maximum atomic E-state index is 6.45. The first-order chi connectivity index (χ1) is 18.4. The Bertz CT molecular complexity index is 897.